The Balaban J connectivity index is 1.58. The monoisotopic (exact) mass is 445 g/mol. The molecule has 0 aliphatic heterocycles. The quantitative estimate of drug-likeness (QED) is 0.594. The summed E-state index contributed by atoms with van der Waals surface area (Å²) in [4.78, 5) is 36.4. The Kier molecular flexibility index (Phi) is 6.30. The first-order valence-electron chi connectivity index (χ1n) is 8.92. The number of hydrazine groups is 1. The van der Waals surface area contributed by atoms with Gasteiger partial charge in [0.15, 0.2) is 0 Å². The van der Waals surface area contributed by atoms with E-state index in [1.54, 1.807) is 42.5 Å². The minimum Gasteiger partial charge on any atom is -0.493 e. The zero-order valence-electron chi connectivity index (χ0n) is 15.3. The van der Waals surface area contributed by atoms with Crippen LogP contribution in [0.25, 0.3) is 0 Å². The lowest BCUT2D eigenvalue weighted by atomic mass is 10.2. The highest BCUT2D eigenvalue weighted by molar-refractivity contribution is 9.10. The molecule has 28 heavy (non-hydrogen) atoms. The van der Waals surface area contributed by atoms with Crippen molar-refractivity contribution in [3.05, 3.63) is 58.1 Å². The number of halogens is 1. The molecule has 1 aliphatic carbocycles. The Bertz CT molecular complexity index is 895. The van der Waals surface area contributed by atoms with Gasteiger partial charge in [0.05, 0.1) is 12.2 Å². The average molecular weight is 446 g/mol. The molecule has 1 saturated carbocycles. The third-order valence-corrected chi connectivity index (χ3v) is 4.63. The summed E-state index contributed by atoms with van der Waals surface area (Å²) in [6, 6.07) is 11.5. The van der Waals surface area contributed by atoms with Gasteiger partial charge in [0.1, 0.15) is 5.75 Å². The molecule has 8 heteroatoms. The Morgan fingerprint density at radius 2 is 1.71 bits per heavy atom. The Labute approximate surface area is 170 Å². The van der Waals surface area contributed by atoms with Crippen molar-refractivity contribution in [2.45, 2.75) is 19.8 Å². The maximum atomic E-state index is 12.4. The van der Waals surface area contributed by atoms with Gasteiger partial charge in [-0.1, -0.05) is 15.9 Å². The summed E-state index contributed by atoms with van der Waals surface area (Å²) in [6.45, 7) is 2.24. The lowest BCUT2D eigenvalue weighted by Crippen LogP contribution is -2.41. The van der Waals surface area contributed by atoms with Gasteiger partial charge < -0.3 is 10.1 Å². The fourth-order valence-electron chi connectivity index (χ4n) is 2.51. The number of hydrogen-bond acceptors (Lipinski definition) is 4. The van der Waals surface area contributed by atoms with Gasteiger partial charge in [0, 0.05) is 21.6 Å². The highest BCUT2D eigenvalue weighted by Crippen LogP contribution is 2.30. The van der Waals surface area contributed by atoms with Crippen LogP contribution in [0.5, 0.6) is 5.75 Å². The van der Waals surface area contributed by atoms with E-state index < -0.39 is 11.8 Å². The standard InChI is InChI=1S/C20H20BrN3O4/c1-2-28-17-10-7-14(21)11-16(17)20(27)24-23-19(26)13-5-8-15(9-6-13)22-18(25)12-3-4-12/h5-12H,2-4H2,1H3,(H,22,25)(H,23,26)(H,24,27). The number of nitrogens with one attached hydrogen (secondary N) is 3. The highest BCUT2D eigenvalue weighted by Gasteiger charge is 2.29. The molecule has 0 bridgehead atoms. The molecule has 0 unspecified atom stereocenters. The molecule has 0 spiro atoms. The van der Waals surface area contributed by atoms with E-state index in [2.05, 4.69) is 32.1 Å². The fraction of sp³-hybridized carbons (Fsp3) is 0.250. The molecular formula is C20H20BrN3O4. The van der Waals surface area contributed by atoms with Crippen molar-refractivity contribution >= 4 is 39.3 Å². The van der Waals surface area contributed by atoms with Gasteiger partial charge in [-0.25, -0.2) is 0 Å². The summed E-state index contributed by atoms with van der Waals surface area (Å²) in [6.07, 6.45) is 1.85. The topological polar surface area (TPSA) is 96.5 Å². The molecule has 0 atom stereocenters. The zero-order valence-corrected chi connectivity index (χ0v) is 16.8. The molecule has 7 nitrogen and oxygen atoms in total. The van der Waals surface area contributed by atoms with Gasteiger partial charge in [-0.3, -0.25) is 25.2 Å². The van der Waals surface area contributed by atoms with Crippen molar-refractivity contribution in [1.29, 1.82) is 0 Å². The summed E-state index contributed by atoms with van der Waals surface area (Å²) < 4.78 is 6.16. The molecule has 0 aromatic heterocycles. The summed E-state index contributed by atoms with van der Waals surface area (Å²) in [5, 5.41) is 2.81. The Hall–Kier alpha value is -2.87. The first-order valence-corrected chi connectivity index (χ1v) is 9.71. The number of anilines is 1. The van der Waals surface area contributed by atoms with Gasteiger partial charge in [0.2, 0.25) is 5.91 Å². The van der Waals surface area contributed by atoms with Crippen LogP contribution in [0.4, 0.5) is 5.69 Å². The maximum Gasteiger partial charge on any atom is 0.273 e. The number of carbonyl (C=O) groups excluding carboxylic acids is 3. The van der Waals surface area contributed by atoms with E-state index in [0.29, 0.717) is 29.2 Å². The molecule has 3 amide bonds. The van der Waals surface area contributed by atoms with E-state index >= 15 is 0 Å². The normalized spacial score (nSPS) is 12.8. The smallest absolute Gasteiger partial charge is 0.273 e. The molecule has 0 heterocycles. The van der Waals surface area contributed by atoms with Crippen molar-refractivity contribution in [3.8, 4) is 5.75 Å². The van der Waals surface area contributed by atoms with Crippen molar-refractivity contribution < 1.29 is 19.1 Å². The molecule has 0 saturated heterocycles. The van der Waals surface area contributed by atoms with Gasteiger partial charge in [-0.05, 0) is 62.2 Å². The van der Waals surface area contributed by atoms with Gasteiger partial charge in [0.25, 0.3) is 11.8 Å². The predicted octanol–water partition coefficient (Wildman–Crippen LogP) is 3.27. The van der Waals surface area contributed by atoms with Crippen LogP contribution in [0.15, 0.2) is 46.9 Å². The van der Waals surface area contributed by atoms with Gasteiger partial charge >= 0.3 is 0 Å². The third-order valence-electron chi connectivity index (χ3n) is 4.14. The second-order valence-electron chi connectivity index (χ2n) is 6.32. The van der Waals surface area contributed by atoms with E-state index in [4.69, 9.17) is 4.74 Å². The summed E-state index contributed by atoms with van der Waals surface area (Å²) in [5.74, 6) is -0.428. The summed E-state index contributed by atoms with van der Waals surface area (Å²) >= 11 is 3.32. The average Bonchev–Trinajstić information content (AvgIpc) is 3.53. The van der Waals surface area contributed by atoms with Crippen molar-refractivity contribution in [2.24, 2.45) is 5.92 Å². The molecule has 0 radical (unpaired) electrons. The summed E-state index contributed by atoms with van der Waals surface area (Å²) in [7, 11) is 0. The number of carbonyl (C=O) groups is 3. The number of benzene rings is 2. The second kappa shape index (κ2) is 8.88. The molecule has 1 fully saturated rings. The molecule has 2 aromatic carbocycles. The van der Waals surface area contributed by atoms with E-state index in [-0.39, 0.29) is 11.8 Å². The van der Waals surface area contributed by atoms with Gasteiger partial charge in [-0.2, -0.15) is 0 Å². The largest absolute Gasteiger partial charge is 0.493 e. The van der Waals surface area contributed by atoms with Crippen LogP contribution in [-0.4, -0.2) is 24.3 Å². The van der Waals surface area contributed by atoms with Crippen molar-refractivity contribution in [3.63, 3.8) is 0 Å². The first-order chi connectivity index (χ1) is 13.5. The molecule has 3 N–H and O–H groups in total. The maximum absolute atomic E-state index is 12.4. The van der Waals surface area contributed by atoms with E-state index in [9.17, 15) is 14.4 Å². The lowest BCUT2D eigenvalue weighted by molar-refractivity contribution is -0.117. The number of rotatable bonds is 6. The number of amides is 3. The van der Waals surface area contributed by atoms with Crippen LogP contribution in [0, 0.1) is 5.92 Å². The predicted molar refractivity (Wildman–Crippen MR) is 108 cm³/mol. The van der Waals surface area contributed by atoms with Crippen LogP contribution in [0.3, 0.4) is 0 Å². The number of hydrogen-bond donors (Lipinski definition) is 3. The summed E-state index contributed by atoms with van der Waals surface area (Å²) in [5.41, 5.74) is 6.05. The fourth-order valence-corrected chi connectivity index (χ4v) is 2.87. The van der Waals surface area contributed by atoms with Crippen LogP contribution < -0.4 is 20.9 Å². The molecule has 1 aliphatic rings. The minimum absolute atomic E-state index is 0.00332. The Morgan fingerprint density at radius 1 is 1.04 bits per heavy atom. The lowest BCUT2D eigenvalue weighted by Gasteiger charge is -2.12. The zero-order chi connectivity index (χ0) is 20.1. The second-order valence-corrected chi connectivity index (χ2v) is 7.24. The van der Waals surface area contributed by atoms with E-state index in [1.165, 1.54) is 0 Å². The highest BCUT2D eigenvalue weighted by atomic mass is 79.9. The third kappa shape index (κ3) is 5.10. The first kappa shape index (κ1) is 19.9. The van der Waals surface area contributed by atoms with Crippen LogP contribution in [-0.2, 0) is 4.79 Å². The molecular weight excluding hydrogens is 426 g/mol. The van der Waals surface area contributed by atoms with E-state index in [0.717, 1.165) is 17.3 Å². The van der Waals surface area contributed by atoms with Crippen molar-refractivity contribution in [1.82, 2.24) is 10.9 Å². The van der Waals surface area contributed by atoms with Crippen LogP contribution in [0.2, 0.25) is 0 Å². The Morgan fingerprint density at radius 3 is 2.36 bits per heavy atom. The van der Waals surface area contributed by atoms with Crippen molar-refractivity contribution in [2.75, 3.05) is 11.9 Å². The molecule has 2 aromatic rings. The van der Waals surface area contributed by atoms with Crippen LogP contribution in [0.1, 0.15) is 40.5 Å². The minimum atomic E-state index is -0.494. The van der Waals surface area contributed by atoms with Crippen LogP contribution >= 0.6 is 15.9 Å². The molecule has 146 valence electrons. The molecule has 3 rings (SSSR count). The SMILES string of the molecule is CCOc1ccc(Br)cc1C(=O)NNC(=O)c1ccc(NC(=O)C2CC2)cc1. The number of ether oxygens (including phenoxy) is 1. The van der Waals surface area contributed by atoms with Gasteiger partial charge in [-0.15, -0.1) is 0 Å². The van der Waals surface area contributed by atoms with E-state index in [1.807, 2.05) is 6.92 Å².